The summed E-state index contributed by atoms with van der Waals surface area (Å²) in [5, 5.41) is 0. The molecule has 0 N–H and O–H groups in total. The van der Waals surface area contributed by atoms with Gasteiger partial charge in [-0.3, -0.25) is 0 Å². The van der Waals surface area contributed by atoms with Crippen molar-refractivity contribution in [3.63, 3.8) is 0 Å². The highest BCUT2D eigenvalue weighted by atomic mass is 32.2. The van der Waals surface area contributed by atoms with E-state index >= 15 is 0 Å². The van der Waals surface area contributed by atoms with Crippen LogP contribution in [-0.4, -0.2) is 11.5 Å². The fourth-order valence-electron chi connectivity index (χ4n) is 0.872. The molecule has 1 atom stereocenters. The standard InChI is InChI=1S/C10H20S/c1-4-8-11-9-6-7-10(3)5-2/h5,10H,2,4,6-9H2,1,3H3. The van der Waals surface area contributed by atoms with Crippen molar-refractivity contribution >= 4 is 11.8 Å². The van der Waals surface area contributed by atoms with E-state index < -0.39 is 0 Å². The van der Waals surface area contributed by atoms with Crippen LogP contribution in [0.1, 0.15) is 33.1 Å². The van der Waals surface area contributed by atoms with Gasteiger partial charge < -0.3 is 0 Å². The first-order valence-corrected chi connectivity index (χ1v) is 5.67. The number of rotatable bonds is 7. The van der Waals surface area contributed by atoms with Crippen molar-refractivity contribution in [1.82, 2.24) is 0 Å². The van der Waals surface area contributed by atoms with Crippen LogP contribution in [0.3, 0.4) is 0 Å². The first kappa shape index (κ1) is 11.1. The smallest absolute Gasteiger partial charge is 0.00673 e. The van der Waals surface area contributed by atoms with E-state index in [0.717, 1.165) is 0 Å². The topological polar surface area (TPSA) is 0 Å². The number of hydrogen-bond donors (Lipinski definition) is 0. The fraction of sp³-hybridized carbons (Fsp3) is 0.800. The fourth-order valence-corrected chi connectivity index (χ4v) is 1.74. The van der Waals surface area contributed by atoms with Crippen LogP contribution in [0.25, 0.3) is 0 Å². The van der Waals surface area contributed by atoms with Gasteiger partial charge in [-0.15, -0.1) is 6.58 Å². The normalized spacial score (nSPS) is 12.9. The van der Waals surface area contributed by atoms with Crippen LogP contribution in [0.4, 0.5) is 0 Å². The molecular formula is C10H20S. The Morgan fingerprint density at radius 3 is 2.73 bits per heavy atom. The second-order valence-electron chi connectivity index (χ2n) is 2.97. The van der Waals surface area contributed by atoms with E-state index in [1.807, 2.05) is 6.08 Å². The molecule has 0 heterocycles. The molecule has 0 aliphatic carbocycles. The second kappa shape index (κ2) is 8.19. The summed E-state index contributed by atoms with van der Waals surface area (Å²) in [7, 11) is 0. The van der Waals surface area contributed by atoms with Gasteiger partial charge in [-0.1, -0.05) is 19.9 Å². The predicted octanol–water partition coefficient (Wildman–Crippen LogP) is 3.73. The van der Waals surface area contributed by atoms with E-state index in [4.69, 9.17) is 0 Å². The highest BCUT2D eigenvalue weighted by Crippen LogP contribution is 2.11. The SMILES string of the molecule is C=CC(C)CCCSCCC. The minimum absolute atomic E-state index is 0.706. The number of allylic oxidation sites excluding steroid dienone is 1. The van der Waals surface area contributed by atoms with Gasteiger partial charge in [0.25, 0.3) is 0 Å². The maximum Gasteiger partial charge on any atom is -0.00673 e. The van der Waals surface area contributed by atoms with Gasteiger partial charge in [-0.2, -0.15) is 11.8 Å². The number of hydrogen-bond acceptors (Lipinski definition) is 1. The largest absolute Gasteiger partial charge is 0.162 e. The highest BCUT2D eigenvalue weighted by molar-refractivity contribution is 7.99. The van der Waals surface area contributed by atoms with Crippen LogP contribution in [0.5, 0.6) is 0 Å². The maximum atomic E-state index is 3.77. The van der Waals surface area contributed by atoms with Gasteiger partial charge in [0.1, 0.15) is 0 Å². The van der Waals surface area contributed by atoms with Crippen molar-refractivity contribution < 1.29 is 0 Å². The lowest BCUT2D eigenvalue weighted by molar-refractivity contribution is 0.639. The van der Waals surface area contributed by atoms with E-state index in [1.54, 1.807) is 0 Å². The molecule has 1 heteroatoms. The van der Waals surface area contributed by atoms with Gasteiger partial charge >= 0.3 is 0 Å². The first-order valence-electron chi connectivity index (χ1n) is 4.51. The van der Waals surface area contributed by atoms with Crippen molar-refractivity contribution in [2.24, 2.45) is 5.92 Å². The summed E-state index contributed by atoms with van der Waals surface area (Å²) < 4.78 is 0. The van der Waals surface area contributed by atoms with Crippen LogP contribution in [0, 0.1) is 5.92 Å². The molecule has 0 spiro atoms. The Morgan fingerprint density at radius 1 is 1.45 bits per heavy atom. The highest BCUT2D eigenvalue weighted by Gasteiger charge is 1.94. The monoisotopic (exact) mass is 172 g/mol. The molecule has 1 unspecified atom stereocenters. The van der Waals surface area contributed by atoms with Crippen LogP contribution in [-0.2, 0) is 0 Å². The van der Waals surface area contributed by atoms with Crippen LogP contribution in [0.15, 0.2) is 12.7 Å². The maximum absolute atomic E-state index is 3.77. The Balaban J connectivity index is 2.95. The lowest BCUT2D eigenvalue weighted by atomic mass is 10.1. The Bertz CT molecular complexity index is 88.9. The van der Waals surface area contributed by atoms with Gasteiger partial charge in [0.15, 0.2) is 0 Å². The molecule has 0 fully saturated rings. The minimum Gasteiger partial charge on any atom is -0.162 e. The average Bonchev–Trinajstić information content (AvgIpc) is 2.04. The van der Waals surface area contributed by atoms with Crippen molar-refractivity contribution in [1.29, 1.82) is 0 Å². The minimum atomic E-state index is 0.706. The van der Waals surface area contributed by atoms with Gasteiger partial charge in [0.05, 0.1) is 0 Å². The third kappa shape index (κ3) is 7.99. The molecule has 0 aliphatic rings. The third-order valence-corrected chi connectivity index (χ3v) is 2.97. The molecule has 0 rings (SSSR count). The van der Waals surface area contributed by atoms with Crippen molar-refractivity contribution in [2.45, 2.75) is 33.1 Å². The molecule has 0 aromatic rings. The molecule has 0 aliphatic heterocycles. The van der Waals surface area contributed by atoms with E-state index in [-0.39, 0.29) is 0 Å². The molecule has 0 saturated carbocycles. The summed E-state index contributed by atoms with van der Waals surface area (Å²) in [5.41, 5.74) is 0. The zero-order valence-corrected chi connectivity index (χ0v) is 8.62. The van der Waals surface area contributed by atoms with Gasteiger partial charge in [-0.05, 0) is 36.7 Å². The lowest BCUT2D eigenvalue weighted by Gasteiger charge is -2.03. The van der Waals surface area contributed by atoms with E-state index in [0.29, 0.717) is 5.92 Å². The molecule has 0 bridgehead atoms. The van der Waals surface area contributed by atoms with E-state index in [2.05, 4.69) is 32.2 Å². The van der Waals surface area contributed by atoms with Crippen molar-refractivity contribution in [3.8, 4) is 0 Å². The first-order chi connectivity index (χ1) is 5.31. The Kier molecular flexibility index (Phi) is 8.26. The van der Waals surface area contributed by atoms with Crippen LogP contribution in [0.2, 0.25) is 0 Å². The lowest BCUT2D eigenvalue weighted by Crippen LogP contribution is -1.90. The Labute approximate surface area is 75.5 Å². The van der Waals surface area contributed by atoms with Gasteiger partial charge in [-0.25, -0.2) is 0 Å². The van der Waals surface area contributed by atoms with E-state index in [1.165, 1.54) is 30.8 Å². The third-order valence-electron chi connectivity index (χ3n) is 1.70. The quantitative estimate of drug-likeness (QED) is 0.416. The molecular weight excluding hydrogens is 152 g/mol. The Hall–Kier alpha value is 0.0900. The number of thioether (sulfide) groups is 1. The molecule has 0 aromatic heterocycles. The molecule has 66 valence electrons. The molecule has 0 radical (unpaired) electrons. The molecule has 0 aromatic carbocycles. The zero-order chi connectivity index (χ0) is 8.53. The van der Waals surface area contributed by atoms with E-state index in [9.17, 15) is 0 Å². The average molecular weight is 172 g/mol. The summed E-state index contributed by atoms with van der Waals surface area (Å²) in [6.45, 7) is 8.24. The zero-order valence-electron chi connectivity index (χ0n) is 7.81. The molecule has 11 heavy (non-hydrogen) atoms. The summed E-state index contributed by atoms with van der Waals surface area (Å²) in [6.07, 6.45) is 6.00. The molecule has 0 nitrogen and oxygen atoms in total. The van der Waals surface area contributed by atoms with Crippen molar-refractivity contribution in [3.05, 3.63) is 12.7 Å². The second-order valence-corrected chi connectivity index (χ2v) is 4.19. The van der Waals surface area contributed by atoms with Gasteiger partial charge in [0.2, 0.25) is 0 Å². The summed E-state index contributed by atoms with van der Waals surface area (Å²) in [5.74, 6) is 3.35. The van der Waals surface area contributed by atoms with Crippen LogP contribution < -0.4 is 0 Å². The van der Waals surface area contributed by atoms with Gasteiger partial charge in [0, 0.05) is 0 Å². The van der Waals surface area contributed by atoms with Crippen LogP contribution >= 0.6 is 11.8 Å². The molecule has 0 saturated heterocycles. The summed E-state index contributed by atoms with van der Waals surface area (Å²) >= 11 is 2.07. The van der Waals surface area contributed by atoms with Crippen molar-refractivity contribution in [2.75, 3.05) is 11.5 Å². The Morgan fingerprint density at radius 2 is 2.18 bits per heavy atom. The summed E-state index contributed by atoms with van der Waals surface area (Å²) in [4.78, 5) is 0. The predicted molar refractivity (Wildman–Crippen MR) is 56.2 cm³/mol. The summed E-state index contributed by atoms with van der Waals surface area (Å²) in [6, 6.07) is 0. The molecule has 0 amide bonds.